The summed E-state index contributed by atoms with van der Waals surface area (Å²) in [7, 11) is 2.22. The number of piperidine rings is 1. The van der Waals surface area contributed by atoms with Crippen LogP contribution in [0.4, 0.5) is 23.0 Å². The molecule has 3 saturated heterocycles. The van der Waals surface area contributed by atoms with E-state index in [1.54, 1.807) is 6.20 Å². The molecule has 1 saturated carbocycles. The molecule has 5 heterocycles. The van der Waals surface area contributed by atoms with Crippen molar-refractivity contribution in [2.24, 2.45) is 11.1 Å². The maximum absolute atomic E-state index is 12.8. The van der Waals surface area contributed by atoms with E-state index in [0.29, 0.717) is 30.0 Å². The minimum Gasteiger partial charge on any atom is -0.381 e. The molecule has 7 rings (SSSR count). The highest BCUT2D eigenvalue weighted by molar-refractivity contribution is 5.97. The Morgan fingerprint density at radius 1 is 1.02 bits per heavy atom. The lowest BCUT2D eigenvalue weighted by atomic mass is 9.92. The molecule has 1 aliphatic carbocycles. The van der Waals surface area contributed by atoms with Crippen LogP contribution in [-0.4, -0.2) is 102 Å². The van der Waals surface area contributed by atoms with Gasteiger partial charge in [0.25, 0.3) is 5.91 Å². The van der Waals surface area contributed by atoms with E-state index in [1.165, 1.54) is 37.2 Å². The van der Waals surface area contributed by atoms with E-state index in [0.717, 1.165) is 75.4 Å². The predicted octanol–water partition coefficient (Wildman–Crippen LogP) is 4.45. The van der Waals surface area contributed by atoms with E-state index in [-0.39, 0.29) is 17.2 Å². The average molecular weight is 640 g/mol. The summed E-state index contributed by atoms with van der Waals surface area (Å²) in [6, 6.07) is 11.2. The van der Waals surface area contributed by atoms with Gasteiger partial charge in [0.2, 0.25) is 0 Å². The van der Waals surface area contributed by atoms with Gasteiger partial charge in [0, 0.05) is 92.2 Å². The molecule has 250 valence electrons. The number of anilines is 4. The van der Waals surface area contributed by atoms with Crippen molar-refractivity contribution in [3.8, 4) is 11.3 Å². The van der Waals surface area contributed by atoms with E-state index in [4.69, 9.17) is 20.4 Å². The molecule has 3 aliphatic heterocycles. The fourth-order valence-electron chi connectivity index (χ4n) is 7.67. The van der Waals surface area contributed by atoms with Crippen molar-refractivity contribution < 1.29 is 9.53 Å². The highest BCUT2D eigenvalue weighted by atomic mass is 16.5. The second-order valence-electron chi connectivity index (χ2n) is 13.9. The number of hydrogen-bond acceptors (Lipinski definition) is 10. The molecule has 0 bridgehead atoms. The summed E-state index contributed by atoms with van der Waals surface area (Å²) in [6.45, 7) is 12.4. The van der Waals surface area contributed by atoms with Crippen LogP contribution in [0.5, 0.6) is 0 Å². The Labute approximate surface area is 278 Å². The normalized spacial score (nSPS) is 21.9. The molecule has 1 atom stereocenters. The minimum atomic E-state index is -0.626. The number of pyridine rings is 1. The van der Waals surface area contributed by atoms with Crippen LogP contribution in [0.2, 0.25) is 0 Å². The SMILES string of the molecule is CCc1cc(Nc2nc(NC3CCOCC34CC4)c(-c3ccnc(C)c3)nc2C(N)=O)ccc1N1CCC(N2CCN(C)CC2)CC1. The Bertz CT molecular complexity index is 1590. The van der Waals surface area contributed by atoms with Crippen LogP contribution in [0.25, 0.3) is 11.3 Å². The van der Waals surface area contributed by atoms with Gasteiger partial charge in [-0.25, -0.2) is 9.97 Å². The number of likely N-dealkylation sites (N-methyl/N-ethyl adjacent to an activating group) is 1. The molecule has 4 fully saturated rings. The number of rotatable bonds is 9. The second kappa shape index (κ2) is 13.4. The number of piperazine rings is 1. The first-order valence-corrected chi connectivity index (χ1v) is 17.4. The molecule has 11 nitrogen and oxygen atoms in total. The molecule has 4 N–H and O–H groups in total. The number of carbonyl (C=O) groups excluding carboxylic acids is 1. The Hall–Kier alpha value is -3.80. The fourth-order valence-corrected chi connectivity index (χ4v) is 7.67. The number of aromatic nitrogens is 3. The van der Waals surface area contributed by atoms with Crippen molar-refractivity contribution in [3.05, 3.63) is 53.5 Å². The van der Waals surface area contributed by atoms with Crippen LogP contribution >= 0.6 is 0 Å². The molecule has 11 heteroatoms. The molecule has 1 unspecified atom stereocenters. The highest BCUT2D eigenvalue weighted by Gasteiger charge is 2.51. The molecule has 1 spiro atoms. The number of nitrogens with one attached hydrogen (secondary N) is 2. The van der Waals surface area contributed by atoms with Gasteiger partial charge in [-0.3, -0.25) is 14.7 Å². The van der Waals surface area contributed by atoms with Crippen molar-refractivity contribution in [2.45, 2.75) is 64.5 Å². The lowest BCUT2D eigenvalue weighted by molar-refractivity contribution is 0.0351. The number of nitrogens with zero attached hydrogens (tertiary/aromatic N) is 6. The maximum atomic E-state index is 12.8. The summed E-state index contributed by atoms with van der Waals surface area (Å²) in [5.41, 5.74) is 11.9. The third-order valence-corrected chi connectivity index (χ3v) is 10.8. The van der Waals surface area contributed by atoms with Crippen molar-refractivity contribution in [1.82, 2.24) is 24.8 Å². The predicted molar refractivity (Wildman–Crippen MR) is 186 cm³/mol. The van der Waals surface area contributed by atoms with Crippen molar-refractivity contribution in [2.75, 3.05) is 75.1 Å². The van der Waals surface area contributed by atoms with Crippen LogP contribution in [0, 0.1) is 12.3 Å². The number of aryl methyl sites for hydroxylation is 2. The van der Waals surface area contributed by atoms with Gasteiger partial charge in [-0.15, -0.1) is 0 Å². The van der Waals surface area contributed by atoms with Gasteiger partial charge in [-0.05, 0) is 88.4 Å². The standard InChI is InChI=1S/C36H49N9O2/c1-4-25-22-27(5-6-29(25)45-14-8-28(9-15-45)44-18-16-43(3)17-19-44)39-35-32(33(37)46)41-31(26-7-13-38-24(2)21-26)34(42-35)40-30-10-20-47-23-36(30)11-12-36/h5-7,13,21-22,28,30H,4,8-12,14-20,23H2,1-3H3,(H2,37,46)(H2,39,40,42). The first kappa shape index (κ1) is 31.8. The van der Waals surface area contributed by atoms with Gasteiger partial charge in [-0.2, -0.15) is 0 Å². The zero-order chi connectivity index (χ0) is 32.5. The van der Waals surface area contributed by atoms with Gasteiger partial charge in [0.1, 0.15) is 5.69 Å². The van der Waals surface area contributed by atoms with Gasteiger partial charge in [-0.1, -0.05) is 6.92 Å². The van der Waals surface area contributed by atoms with Crippen LogP contribution in [-0.2, 0) is 11.2 Å². The largest absolute Gasteiger partial charge is 0.381 e. The third kappa shape index (κ3) is 6.79. The summed E-state index contributed by atoms with van der Waals surface area (Å²) in [4.78, 5) is 34.8. The summed E-state index contributed by atoms with van der Waals surface area (Å²) >= 11 is 0. The summed E-state index contributed by atoms with van der Waals surface area (Å²) in [5, 5.41) is 7.17. The number of hydrogen-bond donors (Lipinski definition) is 3. The molecule has 3 aromatic rings. The van der Waals surface area contributed by atoms with Gasteiger partial charge in [0.15, 0.2) is 17.3 Å². The molecular formula is C36H49N9O2. The highest BCUT2D eigenvalue weighted by Crippen LogP contribution is 2.52. The zero-order valence-corrected chi connectivity index (χ0v) is 28.1. The number of ether oxygens (including phenoxy) is 1. The number of benzene rings is 1. The smallest absolute Gasteiger partial charge is 0.271 e. The number of nitrogens with two attached hydrogens (primary N) is 1. The van der Waals surface area contributed by atoms with Gasteiger partial charge in [0.05, 0.1) is 6.61 Å². The van der Waals surface area contributed by atoms with E-state index < -0.39 is 5.91 Å². The Morgan fingerprint density at radius 2 is 1.81 bits per heavy atom. The van der Waals surface area contributed by atoms with E-state index in [1.807, 2.05) is 19.1 Å². The Morgan fingerprint density at radius 3 is 2.51 bits per heavy atom. The summed E-state index contributed by atoms with van der Waals surface area (Å²) in [6.07, 6.45) is 8.20. The van der Waals surface area contributed by atoms with Crippen LogP contribution in [0.15, 0.2) is 36.5 Å². The topological polar surface area (TPSA) is 125 Å². The van der Waals surface area contributed by atoms with Crippen molar-refractivity contribution in [1.29, 1.82) is 0 Å². The lowest BCUT2D eigenvalue weighted by Crippen LogP contribution is -2.52. The van der Waals surface area contributed by atoms with E-state index in [2.05, 4.69) is 62.5 Å². The lowest BCUT2D eigenvalue weighted by Gasteiger charge is -2.43. The summed E-state index contributed by atoms with van der Waals surface area (Å²) in [5.74, 6) is 0.366. The molecule has 4 aliphatic rings. The van der Waals surface area contributed by atoms with Crippen molar-refractivity contribution in [3.63, 3.8) is 0 Å². The van der Waals surface area contributed by atoms with Gasteiger partial charge < -0.3 is 30.9 Å². The minimum absolute atomic E-state index is 0.112. The van der Waals surface area contributed by atoms with E-state index >= 15 is 0 Å². The van der Waals surface area contributed by atoms with Gasteiger partial charge >= 0.3 is 0 Å². The summed E-state index contributed by atoms with van der Waals surface area (Å²) < 4.78 is 5.85. The average Bonchev–Trinajstić information content (AvgIpc) is 3.86. The number of amides is 1. The molecule has 1 amide bonds. The van der Waals surface area contributed by atoms with Crippen LogP contribution in [0.3, 0.4) is 0 Å². The number of carbonyl (C=O) groups is 1. The maximum Gasteiger partial charge on any atom is 0.271 e. The molecular weight excluding hydrogens is 590 g/mol. The van der Waals surface area contributed by atoms with Crippen LogP contribution in [0.1, 0.15) is 60.8 Å². The second-order valence-corrected chi connectivity index (χ2v) is 13.9. The first-order chi connectivity index (χ1) is 22.8. The van der Waals surface area contributed by atoms with E-state index in [9.17, 15) is 4.79 Å². The Kier molecular flexibility index (Phi) is 9.04. The first-order valence-electron chi connectivity index (χ1n) is 17.4. The molecule has 0 radical (unpaired) electrons. The third-order valence-electron chi connectivity index (χ3n) is 10.8. The monoisotopic (exact) mass is 639 g/mol. The van der Waals surface area contributed by atoms with Crippen molar-refractivity contribution >= 4 is 28.9 Å². The molecule has 1 aromatic carbocycles. The molecule has 47 heavy (non-hydrogen) atoms. The zero-order valence-electron chi connectivity index (χ0n) is 28.1. The number of primary amides is 1. The van der Waals surface area contributed by atoms with Crippen LogP contribution < -0.4 is 21.3 Å². The Balaban J connectivity index is 1.15. The molecule has 2 aromatic heterocycles. The quantitative estimate of drug-likeness (QED) is 0.309. The fraction of sp³-hybridized carbons (Fsp3) is 0.556.